The van der Waals surface area contributed by atoms with Gasteiger partial charge in [0.05, 0.1) is 0 Å². The van der Waals surface area contributed by atoms with Crippen molar-refractivity contribution in [3.63, 3.8) is 0 Å². The molecule has 0 aromatic carbocycles. The Labute approximate surface area is 91.9 Å². The van der Waals surface area contributed by atoms with Crippen LogP contribution in [0.1, 0.15) is 32.6 Å². The maximum Gasteiger partial charge on any atom is 0.150 e. The van der Waals surface area contributed by atoms with E-state index in [1.807, 2.05) is 0 Å². The molecule has 11 N–H and O–H groups in total. The second kappa shape index (κ2) is 6.37. The molecule has 0 spiro atoms. The van der Waals surface area contributed by atoms with Crippen LogP contribution in [0.15, 0.2) is 0 Å². The zero-order valence-electron chi connectivity index (χ0n) is 9.63. The van der Waals surface area contributed by atoms with Crippen molar-refractivity contribution in [2.45, 2.75) is 44.1 Å². The van der Waals surface area contributed by atoms with Crippen molar-refractivity contribution in [2.75, 3.05) is 13.1 Å². The van der Waals surface area contributed by atoms with Gasteiger partial charge in [-0.15, -0.1) is 0 Å². The van der Waals surface area contributed by atoms with Crippen LogP contribution in [0.25, 0.3) is 0 Å². The largest absolute Gasteiger partial charge is 0.330 e. The predicted octanol–water partition coefficient (Wildman–Crippen LogP) is -1.70. The Hall–Kier alpha value is -0.240. The third kappa shape index (κ3) is 6.03. The van der Waals surface area contributed by atoms with E-state index in [1.165, 1.54) is 0 Å². The maximum absolute atomic E-state index is 5.73. The summed E-state index contributed by atoms with van der Waals surface area (Å²) in [5, 5.41) is 2.95. The molecule has 0 radical (unpaired) electrons. The summed E-state index contributed by atoms with van der Waals surface area (Å²) in [4.78, 5) is 0. The SMILES string of the molecule is CC(N)(N)C(N)(N)NCCCCCCN. The zero-order chi connectivity index (χ0) is 11.9. The average molecular weight is 218 g/mol. The molecular formula is C9H26N6. The van der Waals surface area contributed by atoms with Gasteiger partial charge in [0.2, 0.25) is 0 Å². The second-order valence-corrected chi connectivity index (χ2v) is 4.28. The van der Waals surface area contributed by atoms with Crippen LogP contribution in [-0.4, -0.2) is 24.5 Å². The summed E-state index contributed by atoms with van der Waals surface area (Å²) in [7, 11) is 0. The first-order chi connectivity index (χ1) is 6.81. The van der Waals surface area contributed by atoms with Gasteiger partial charge in [0.25, 0.3) is 0 Å². The first-order valence-electron chi connectivity index (χ1n) is 5.42. The van der Waals surface area contributed by atoms with Crippen molar-refractivity contribution in [3.8, 4) is 0 Å². The summed E-state index contributed by atoms with van der Waals surface area (Å²) in [5.41, 5.74) is 27.0. The first-order valence-corrected chi connectivity index (χ1v) is 5.42. The highest BCUT2D eigenvalue weighted by Gasteiger charge is 2.34. The monoisotopic (exact) mass is 218 g/mol. The molecule has 0 unspecified atom stereocenters. The van der Waals surface area contributed by atoms with Gasteiger partial charge in [-0.3, -0.25) is 16.8 Å². The normalized spacial score (nSPS) is 13.2. The third-order valence-corrected chi connectivity index (χ3v) is 2.44. The molecule has 0 atom stereocenters. The molecule has 0 aliphatic rings. The van der Waals surface area contributed by atoms with Gasteiger partial charge in [-0.25, -0.2) is 0 Å². The van der Waals surface area contributed by atoms with Crippen LogP contribution in [0, 0.1) is 0 Å². The number of nitrogens with one attached hydrogen (secondary N) is 1. The van der Waals surface area contributed by atoms with E-state index in [0.717, 1.165) is 32.2 Å². The van der Waals surface area contributed by atoms with Gasteiger partial charge in [-0.2, -0.15) is 0 Å². The maximum atomic E-state index is 5.73. The molecule has 6 heteroatoms. The van der Waals surface area contributed by atoms with Gasteiger partial charge in [-0.05, 0) is 32.9 Å². The zero-order valence-corrected chi connectivity index (χ0v) is 9.63. The van der Waals surface area contributed by atoms with E-state index in [4.69, 9.17) is 28.7 Å². The van der Waals surface area contributed by atoms with E-state index >= 15 is 0 Å². The summed E-state index contributed by atoms with van der Waals surface area (Å²) in [6.07, 6.45) is 4.28. The molecule has 0 saturated carbocycles. The van der Waals surface area contributed by atoms with Gasteiger partial charge in [0.1, 0.15) is 11.4 Å². The van der Waals surface area contributed by atoms with Crippen LogP contribution in [0.4, 0.5) is 0 Å². The van der Waals surface area contributed by atoms with Crippen molar-refractivity contribution >= 4 is 0 Å². The van der Waals surface area contributed by atoms with E-state index in [9.17, 15) is 0 Å². The molecule has 0 aliphatic carbocycles. The Morgan fingerprint density at radius 3 is 1.93 bits per heavy atom. The lowest BCUT2D eigenvalue weighted by Crippen LogP contribution is -2.81. The average Bonchev–Trinajstić information content (AvgIpc) is 2.09. The summed E-state index contributed by atoms with van der Waals surface area (Å²) in [5.74, 6) is -1.24. The number of hydrogen-bond acceptors (Lipinski definition) is 6. The van der Waals surface area contributed by atoms with Crippen molar-refractivity contribution in [1.82, 2.24) is 5.32 Å². The van der Waals surface area contributed by atoms with Crippen LogP contribution in [0.2, 0.25) is 0 Å². The van der Waals surface area contributed by atoms with Crippen molar-refractivity contribution < 1.29 is 0 Å². The molecule has 15 heavy (non-hydrogen) atoms. The number of nitrogens with two attached hydrogens (primary N) is 5. The highest BCUT2D eigenvalue weighted by molar-refractivity contribution is 4.93. The molecule has 92 valence electrons. The van der Waals surface area contributed by atoms with Crippen LogP contribution in [-0.2, 0) is 0 Å². The lowest BCUT2D eigenvalue weighted by molar-refractivity contribution is 0.199. The fourth-order valence-electron chi connectivity index (χ4n) is 1.11. The minimum atomic E-state index is -1.24. The predicted molar refractivity (Wildman–Crippen MR) is 63.4 cm³/mol. The molecule has 0 bridgehead atoms. The first kappa shape index (κ1) is 14.8. The molecule has 0 aromatic heterocycles. The van der Waals surface area contributed by atoms with Crippen molar-refractivity contribution in [2.24, 2.45) is 28.7 Å². The standard InChI is InChI=1S/C9H26N6/c1-8(11,12)9(13,14)15-7-5-3-2-4-6-10/h15H,2-7,10-14H2,1H3. The summed E-state index contributed by atoms with van der Waals surface area (Å²) in [6, 6.07) is 0. The molecule has 0 saturated heterocycles. The highest BCUT2D eigenvalue weighted by atomic mass is 15.3. The summed E-state index contributed by atoms with van der Waals surface area (Å²) in [6.45, 7) is 3.05. The number of unbranched alkanes of at least 4 members (excludes halogenated alkanes) is 3. The number of rotatable bonds is 8. The van der Waals surface area contributed by atoms with Crippen LogP contribution in [0.5, 0.6) is 0 Å². The highest BCUT2D eigenvalue weighted by Crippen LogP contribution is 2.02. The van der Waals surface area contributed by atoms with Gasteiger partial charge in [-0.1, -0.05) is 12.8 Å². The van der Waals surface area contributed by atoms with Gasteiger partial charge in [0, 0.05) is 0 Å². The quantitative estimate of drug-likeness (QED) is 0.212. The Kier molecular flexibility index (Phi) is 6.26. The Morgan fingerprint density at radius 2 is 1.47 bits per heavy atom. The van der Waals surface area contributed by atoms with Gasteiger partial charge < -0.3 is 17.2 Å². The summed E-state index contributed by atoms with van der Waals surface area (Å²) >= 11 is 0. The van der Waals surface area contributed by atoms with Crippen molar-refractivity contribution in [1.29, 1.82) is 0 Å². The van der Waals surface area contributed by atoms with Crippen LogP contribution >= 0.6 is 0 Å². The minimum absolute atomic E-state index is 0.710. The molecule has 0 rings (SSSR count). The van der Waals surface area contributed by atoms with Gasteiger partial charge in [0.15, 0.2) is 0 Å². The summed E-state index contributed by atoms with van der Waals surface area (Å²) < 4.78 is 0. The van der Waals surface area contributed by atoms with E-state index in [2.05, 4.69) is 5.32 Å². The lowest BCUT2D eigenvalue weighted by Gasteiger charge is -2.38. The van der Waals surface area contributed by atoms with E-state index in [1.54, 1.807) is 6.92 Å². The fraction of sp³-hybridized carbons (Fsp3) is 1.00. The molecule has 0 heterocycles. The smallest absolute Gasteiger partial charge is 0.150 e. The Bertz CT molecular complexity index is 162. The Morgan fingerprint density at radius 1 is 0.933 bits per heavy atom. The second-order valence-electron chi connectivity index (χ2n) is 4.28. The van der Waals surface area contributed by atoms with E-state index in [-0.39, 0.29) is 0 Å². The Balaban J connectivity index is 3.58. The lowest BCUT2D eigenvalue weighted by atomic mass is 10.1. The molecule has 0 amide bonds. The number of hydrogen-bond donors (Lipinski definition) is 6. The fourth-order valence-corrected chi connectivity index (χ4v) is 1.11. The topological polar surface area (TPSA) is 142 Å². The van der Waals surface area contributed by atoms with E-state index < -0.39 is 11.4 Å². The van der Waals surface area contributed by atoms with Gasteiger partial charge >= 0.3 is 0 Å². The molecule has 0 fully saturated rings. The van der Waals surface area contributed by atoms with Crippen LogP contribution in [0.3, 0.4) is 0 Å². The van der Waals surface area contributed by atoms with E-state index in [0.29, 0.717) is 6.54 Å². The third-order valence-electron chi connectivity index (χ3n) is 2.44. The molecule has 0 aromatic rings. The van der Waals surface area contributed by atoms with Crippen LogP contribution < -0.4 is 34.0 Å². The molecule has 0 aliphatic heterocycles. The van der Waals surface area contributed by atoms with Crippen molar-refractivity contribution in [3.05, 3.63) is 0 Å². The molecule has 6 nitrogen and oxygen atoms in total. The molecular weight excluding hydrogens is 192 g/mol. The minimum Gasteiger partial charge on any atom is -0.330 e.